The Balaban J connectivity index is 1.62. The van der Waals surface area contributed by atoms with Gasteiger partial charge in [-0.05, 0) is 29.8 Å². The summed E-state index contributed by atoms with van der Waals surface area (Å²) in [5.74, 6) is 0.475. The Morgan fingerprint density at radius 1 is 0.926 bits per heavy atom. The fourth-order valence-electron chi connectivity index (χ4n) is 2.06. The number of hydrogen-bond donors (Lipinski definition) is 1. The van der Waals surface area contributed by atoms with E-state index in [2.05, 4.69) is 10.1 Å². The summed E-state index contributed by atoms with van der Waals surface area (Å²) in [5.41, 5.74) is 0.621. The van der Waals surface area contributed by atoms with E-state index in [4.69, 9.17) is 9.47 Å². The van der Waals surface area contributed by atoms with Gasteiger partial charge in [0.1, 0.15) is 24.7 Å². The average molecular weight is 383 g/mol. The quantitative estimate of drug-likeness (QED) is 0.640. The van der Waals surface area contributed by atoms with Gasteiger partial charge < -0.3 is 19.5 Å². The van der Waals surface area contributed by atoms with Crippen LogP contribution < -0.4 is 14.8 Å². The van der Waals surface area contributed by atoms with Gasteiger partial charge in [0.2, 0.25) is 5.91 Å². The van der Waals surface area contributed by atoms with Gasteiger partial charge >= 0.3 is 6.18 Å². The van der Waals surface area contributed by atoms with Crippen molar-refractivity contribution in [2.45, 2.75) is 12.7 Å². The van der Waals surface area contributed by atoms with Gasteiger partial charge in [-0.25, -0.2) is 0 Å². The van der Waals surface area contributed by atoms with Crippen LogP contribution in [0.4, 0.5) is 13.2 Å². The number of para-hydroxylation sites is 1. The highest BCUT2D eigenvalue weighted by Crippen LogP contribution is 2.19. The van der Waals surface area contributed by atoms with Crippen LogP contribution in [0.1, 0.15) is 5.56 Å². The van der Waals surface area contributed by atoms with Gasteiger partial charge in [-0.15, -0.1) is 0 Å². The lowest BCUT2D eigenvalue weighted by Gasteiger charge is -2.11. The molecule has 0 radical (unpaired) electrons. The SMILES string of the molecule is O=C(COCCOc1ccccc1)NCc1cccc(OCC(F)(F)F)c1. The molecule has 5 nitrogen and oxygen atoms in total. The van der Waals surface area contributed by atoms with Gasteiger partial charge in [-0.3, -0.25) is 4.79 Å². The molecule has 0 bridgehead atoms. The molecule has 2 aromatic rings. The largest absolute Gasteiger partial charge is 0.491 e. The summed E-state index contributed by atoms with van der Waals surface area (Å²) in [6, 6.07) is 15.3. The summed E-state index contributed by atoms with van der Waals surface area (Å²) in [6.45, 7) is -0.769. The minimum Gasteiger partial charge on any atom is -0.491 e. The van der Waals surface area contributed by atoms with Gasteiger partial charge in [0, 0.05) is 6.54 Å². The van der Waals surface area contributed by atoms with E-state index in [0.29, 0.717) is 12.2 Å². The zero-order valence-corrected chi connectivity index (χ0v) is 14.5. The van der Waals surface area contributed by atoms with E-state index in [0.717, 1.165) is 5.75 Å². The van der Waals surface area contributed by atoms with Crippen LogP contribution in [0.25, 0.3) is 0 Å². The lowest BCUT2D eigenvalue weighted by molar-refractivity contribution is -0.153. The van der Waals surface area contributed by atoms with E-state index in [-0.39, 0.29) is 31.4 Å². The van der Waals surface area contributed by atoms with Crippen molar-refractivity contribution in [1.82, 2.24) is 5.32 Å². The first-order valence-corrected chi connectivity index (χ1v) is 8.23. The van der Waals surface area contributed by atoms with Crippen LogP contribution in [0.3, 0.4) is 0 Å². The summed E-state index contributed by atoms with van der Waals surface area (Å²) in [4.78, 5) is 11.7. The summed E-state index contributed by atoms with van der Waals surface area (Å²) < 4.78 is 51.8. The molecule has 0 heterocycles. The predicted octanol–water partition coefficient (Wildman–Crippen LogP) is 3.34. The van der Waals surface area contributed by atoms with Crippen molar-refractivity contribution in [1.29, 1.82) is 0 Å². The van der Waals surface area contributed by atoms with E-state index < -0.39 is 12.8 Å². The maximum Gasteiger partial charge on any atom is 0.422 e. The van der Waals surface area contributed by atoms with Gasteiger partial charge in [0.15, 0.2) is 6.61 Å². The molecule has 0 fully saturated rings. The predicted molar refractivity (Wildman–Crippen MR) is 92.6 cm³/mol. The first-order chi connectivity index (χ1) is 12.9. The normalized spacial score (nSPS) is 11.1. The lowest BCUT2D eigenvalue weighted by Crippen LogP contribution is -2.28. The molecule has 1 amide bonds. The third-order valence-electron chi connectivity index (χ3n) is 3.26. The second-order valence-electron chi connectivity index (χ2n) is 5.54. The summed E-state index contributed by atoms with van der Waals surface area (Å²) in [7, 11) is 0. The van der Waals surface area contributed by atoms with Gasteiger partial charge in [0.05, 0.1) is 6.61 Å². The number of halogens is 3. The zero-order chi connectivity index (χ0) is 19.5. The summed E-state index contributed by atoms with van der Waals surface area (Å²) in [5, 5.41) is 2.62. The molecule has 146 valence electrons. The Labute approximate surface area is 155 Å². The van der Waals surface area contributed by atoms with Crippen molar-refractivity contribution in [3.05, 3.63) is 60.2 Å². The molecule has 0 saturated heterocycles. The van der Waals surface area contributed by atoms with E-state index in [9.17, 15) is 18.0 Å². The minimum atomic E-state index is -4.40. The van der Waals surface area contributed by atoms with Gasteiger partial charge in [-0.1, -0.05) is 30.3 Å². The fraction of sp³-hybridized carbons (Fsp3) is 0.316. The second kappa shape index (κ2) is 10.4. The number of hydrogen-bond acceptors (Lipinski definition) is 4. The third kappa shape index (κ3) is 8.96. The maximum atomic E-state index is 12.2. The number of nitrogens with one attached hydrogen (secondary N) is 1. The molecule has 8 heteroatoms. The zero-order valence-electron chi connectivity index (χ0n) is 14.5. The fourth-order valence-corrected chi connectivity index (χ4v) is 2.06. The Morgan fingerprint density at radius 3 is 2.41 bits per heavy atom. The number of amides is 1. The summed E-state index contributed by atoms with van der Waals surface area (Å²) >= 11 is 0. The highest BCUT2D eigenvalue weighted by molar-refractivity contribution is 5.77. The smallest absolute Gasteiger partial charge is 0.422 e. The summed E-state index contributed by atoms with van der Waals surface area (Å²) in [6.07, 6.45) is -4.40. The van der Waals surface area contributed by atoms with E-state index in [1.165, 1.54) is 12.1 Å². The van der Waals surface area contributed by atoms with E-state index >= 15 is 0 Å². The van der Waals surface area contributed by atoms with Gasteiger partial charge in [-0.2, -0.15) is 13.2 Å². The Kier molecular flexibility index (Phi) is 7.94. The molecule has 0 unspecified atom stereocenters. The van der Waals surface area contributed by atoms with Gasteiger partial charge in [0.25, 0.3) is 0 Å². The van der Waals surface area contributed by atoms with Crippen molar-refractivity contribution in [2.75, 3.05) is 26.4 Å². The molecule has 1 N–H and O–H groups in total. The molecule has 2 rings (SSSR count). The van der Waals surface area contributed by atoms with Crippen LogP contribution in [0.15, 0.2) is 54.6 Å². The highest BCUT2D eigenvalue weighted by Gasteiger charge is 2.28. The maximum absolute atomic E-state index is 12.2. The number of benzene rings is 2. The topological polar surface area (TPSA) is 56.8 Å². The van der Waals surface area contributed by atoms with Crippen LogP contribution in [-0.2, 0) is 16.1 Å². The number of carbonyl (C=O) groups excluding carboxylic acids is 1. The average Bonchev–Trinajstić information content (AvgIpc) is 2.65. The van der Waals surface area contributed by atoms with Crippen LogP contribution in [0.2, 0.25) is 0 Å². The van der Waals surface area contributed by atoms with E-state index in [1.54, 1.807) is 12.1 Å². The molecular weight excluding hydrogens is 363 g/mol. The molecule has 0 aliphatic carbocycles. The number of ether oxygens (including phenoxy) is 3. The van der Waals surface area contributed by atoms with Crippen LogP contribution in [0, 0.1) is 0 Å². The third-order valence-corrected chi connectivity index (χ3v) is 3.26. The molecule has 0 aromatic heterocycles. The van der Waals surface area contributed by atoms with Crippen molar-refractivity contribution in [2.24, 2.45) is 0 Å². The minimum absolute atomic E-state index is 0.0911. The standard InChI is InChI=1S/C19H20F3NO4/c20-19(21,22)14-27-17-8-4-5-15(11-17)12-23-18(24)13-25-9-10-26-16-6-2-1-3-7-16/h1-8,11H,9-10,12-14H2,(H,23,24). The first-order valence-electron chi connectivity index (χ1n) is 8.23. The second-order valence-corrected chi connectivity index (χ2v) is 5.54. The Hall–Kier alpha value is -2.74. The Morgan fingerprint density at radius 2 is 1.67 bits per heavy atom. The van der Waals surface area contributed by atoms with E-state index in [1.807, 2.05) is 30.3 Å². The molecule has 0 saturated carbocycles. The number of carbonyl (C=O) groups is 1. The molecule has 0 atom stereocenters. The highest BCUT2D eigenvalue weighted by atomic mass is 19.4. The molecule has 0 aliphatic heterocycles. The van der Waals surface area contributed by atoms with Crippen molar-refractivity contribution < 1.29 is 32.2 Å². The van der Waals surface area contributed by atoms with Crippen molar-refractivity contribution >= 4 is 5.91 Å². The monoisotopic (exact) mass is 383 g/mol. The van der Waals surface area contributed by atoms with Crippen molar-refractivity contribution in [3.63, 3.8) is 0 Å². The number of rotatable bonds is 10. The Bertz CT molecular complexity index is 708. The lowest BCUT2D eigenvalue weighted by atomic mass is 10.2. The molecule has 0 spiro atoms. The van der Waals surface area contributed by atoms with Crippen LogP contribution in [-0.4, -0.2) is 38.5 Å². The molecular formula is C19H20F3NO4. The first kappa shape index (κ1) is 20.6. The number of alkyl halides is 3. The molecule has 0 aliphatic rings. The molecule has 27 heavy (non-hydrogen) atoms. The molecule has 2 aromatic carbocycles. The van der Waals surface area contributed by atoms with Crippen molar-refractivity contribution in [3.8, 4) is 11.5 Å². The van der Waals surface area contributed by atoms with Crippen LogP contribution in [0.5, 0.6) is 11.5 Å². The van der Waals surface area contributed by atoms with Crippen LogP contribution >= 0.6 is 0 Å².